The third-order valence-corrected chi connectivity index (χ3v) is 5.50. The highest BCUT2D eigenvalue weighted by Crippen LogP contribution is 2.23. The van der Waals surface area contributed by atoms with E-state index in [1.165, 1.54) is 5.56 Å². The smallest absolute Gasteiger partial charge is 0.246 e. The molecular weight excluding hydrogens is 363 g/mol. The Morgan fingerprint density at radius 2 is 1.92 bits per heavy atom. The topological polar surface area (TPSA) is 23.6 Å². The van der Waals surface area contributed by atoms with Gasteiger partial charge in [0.25, 0.3) is 0 Å². The molecule has 3 nitrogen and oxygen atoms in total. The highest BCUT2D eigenvalue weighted by molar-refractivity contribution is 7.07. The first-order valence-electron chi connectivity index (χ1n) is 7.77. The molecular formula is C18H18Cl2N2OS. The quantitative estimate of drug-likeness (QED) is 0.733. The average Bonchev–Trinajstić information content (AvgIpc) is 3.09. The van der Waals surface area contributed by atoms with Gasteiger partial charge in [-0.3, -0.25) is 9.69 Å². The minimum Gasteiger partial charge on any atom is -0.337 e. The summed E-state index contributed by atoms with van der Waals surface area (Å²) in [6, 6.07) is 7.49. The molecule has 2 heterocycles. The molecule has 1 aliphatic heterocycles. The van der Waals surface area contributed by atoms with Gasteiger partial charge < -0.3 is 4.90 Å². The van der Waals surface area contributed by atoms with Crippen molar-refractivity contribution < 1.29 is 4.79 Å². The van der Waals surface area contributed by atoms with Crippen molar-refractivity contribution in [3.05, 3.63) is 62.3 Å². The molecule has 1 fully saturated rings. The highest BCUT2D eigenvalue weighted by atomic mass is 35.5. The van der Waals surface area contributed by atoms with E-state index in [1.54, 1.807) is 35.6 Å². The zero-order valence-electron chi connectivity index (χ0n) is 13.1. The normalized spacial score (nSPS) is 16.0. The molecule has 1 aromatic carbocycles. The van der Waals surface area contributed by atoms with Crippen LogP contribution in [-0.2, 0) is 11.3 Å². The molecule has 126 valence electrons. The molecule has 24 heavy (non-hydrogen) atoms. The Balaban J connectivity index is 1.51. The number of amides is 1. The van der Waals surface area contributed by atoms with Gasteiger partial charge in [0, 0.05) is 38.8 Å². The molecule has 0 unspecified atom stereocenters. The maximum Gasteiger partial charge on any atom is 0.246 e. The molecule has 0 N–H and O–H groups in total. The summed E-state index contributed by atoms with van der Waals surface area (Å²) in [6.07, 6.45) is 3.39. The Morgan fingerprint density at radius 1 is 1.12 bits per heavy atom. The molecule has 2 aromatic rings. The number of benzene rings is 1. The first kappa shape index (κ1) is 17.5. The van der Waals surface area contributed by atoms with Crippen LogP contribution >= 0.6 is 34.5 Å². The second kappa shape index (κ2) is 8.17. The Labute approximate surface area is 156 Å². The van der Waals surface area contributed by atoms with E-state index in [0.717, 1.165) is 38.3 Å². The summed E-state index contributed by atoms with van der Waals surface area (Å²) < 4.78 is 0. The highest BCUT2D eigenvalue weighted by Gasteiger charge is 2.19. The molecule has 1 aliphatic rings. The lowest BCUT2D eigenvalue weighted by molar-refractivity contribution is -0.127. The van der Waals surface area contributed by atoms with Gasteiger partial charge in [-0.2, -0.15) is 11.3 Å². The number of carbonyl (C=O) groups is 1. The fourth-order valence-electron chi connectivity index (χ4n) is 2.66. The molecule has 6 heteroatoms. The first-order chi connectivity index (χ1) is 11.6. The predicted molar refractivity (Wildman–Crippen MR) is 102 cm³/mol. The van der Waals surface area contributed by atoms with E-state index in [4.69, 9.17) is 23.2 Å². The minimum atomic E-state index is 0.0382. The molecule has 3 rings (SSSR count). The monoisotopic (exact) mass is 380 g/mol. The largest absolute Gasteiger partial charge is 0.337 e. The summed E-state index contributed by atoms with van der Waals surface area (Å²) in [4.78, 5) is 16.6. The summed E-state index contributed by atoms with van der Waals surface area (Å²) in [7, 11) is 0. The summed E-state index contributed by atoms with van der Waals surface area (Å²) >= 11 is 13.6. The van der Waals surface area contributed by atoms with Gasteiger partial charge in [0.05, 0.1) is 10.0 Å². The van der Waals surface area contributed by atoms with E-state index in [2.05, 4.69) is 21.7 Å². The number of rotatable bonds is 4. The average molecular weight is 381 g/mol. The maximum absolute atomic E-state index is 12.3. The van der Waals surface area contributed by atoms with Gasteiger partial charge in [-0.15, -0.1) is 0 Å². The number of halogens is 2. The lowest BCUT2D eigenvalue weighted by atomic mass is 10.2. The second-order valence-corrected chi connectivity index (χ2v) is 7.33. The van der Waals surface area contributed by atoms with E-state index in [9.17, 15) is 4.79 Å². The third kappa shape index (κ3) is 4.61. The Hall–Kier alpha value is -1.33. The van der Waals surface area contributed by atoms with Crippen molar-refractivity contribution in [3.63, 3.8) is 0 Å². The van der Waals surface area contributed by atoms with Crippen LogP contribution in [0.15, 0.2) is 41.1 Å². The Morgan fingerprint density at radius 3 is 2.58 bits per heavy atom. The van der Waals surface area contributed by atoms with Gasteiger partial charge in [-0.1, -0.05) is 29.3 Å². The van der Waals surface area contributed by atoms with Crippen LogP contribution in [0.2, 0.25) is 10.0 Å². The number of thiophene rings is 1. The number of carbonyl (C=O) groups excluding carboxylic acids is 1. The fourth-order valence-corrected chi connectivity index (χ4v) is 3.62. The summed E-state index contributed by atoms with van der Waals surface area (Å²) in [5.74, 6) is 0.0382. The van der Waals surface area contributed by atoms with Crippen molar-refractivity contribution in [2.45, 2.75) is 6.54 Å². The molecule has 0 bridgehead atoms. The first-order valence-corrected chi connectivity index (χ1v) is 9.47. The van der Waals surface area contributed by atoms with Gasteiger partial charge in [-0.25, -0.2) is 0 Å². The van der Waals surface area contributed by atoms with Gasteiger partial charge in [0.2, 0.25) is 5.91 Å². The Bertz CT molecular complexity index is 723. The third-order valence-electron chi connectivity index (χ3n) is 4.03. The van der Waals surface area contributed by atoms with Crippen LogP contribution in [0.3, 0.4) is 0 Å². The molecule has 0 saturated carbocycles. The van der Waals surface area contributed by atoms with Gasteiger partial charge in [0.15, 0.2) is 0 Å². The fraction of sp³-hybridized carbons (Fsp3) is 0.278. The van der Waals surface area contributed by atoms with Crippen molar-refractivity contribution in [3.8, 4) is 0 Å². The van der Waals surface area contributed by atoms with E-state index >= 15 is 0 Å². The molecule has 0 spiro atoms. The van der Waals surface area contributed by atoms with Gasteiger partial charge in [0.1, 0.15) is 0 Å². The van der Waals surface area contributed by atoms with Crippen molar-refractivity contribution >= 4 is 46.5 Å². The van der Waals surface area contributed by atoms with Crippen LogP contribution in [0, 0.1) is 0 Å². The van der Waals surface area contributed by atoms with Crippen LogP contribution in [0.5, 0.6) is 0 Å². The predicted octanol–water partition coefficient (Wildman–Crippen LogP) is 4.41. The molecule has 0 aliphatic carbocycles. The van der Waals surface area contributed by atoms with Crippen LogP contribution in [0.1, 0.15) is 11.1 Å². The van der Waals surface area contributed by atoms with Crippen LogP contribution in [-0.4, -0.2) is 41.9 Å². The summed E-state index contributed by atoms with van der Waals surface area (Å²) in [5, 5.41) is 5.29. The zero-order valence-corrected chi connectivity index (χ0v) is 15.4. The van der Waals surface area contributed by atoms with E-state index < -0.39 is 0 Å². The van der Waals surface area contributed by atoms with Crippen molar-refractivity contribution in [2.75, 3.05) is 26.2 Å². The van der Waals surface area contributed by atoms with Crippen LogP contribution < -0.4 is 0 Å². The lowest BCUT2D eigenvalue weighted by Crippen LogP contribution is -2.47. The molecule has 0 atom stereocenters. The number of hydrogen-bond donors (Lipinski definition) is 0. The van der Waals surface area contributed by atoms with E-state index in [1.807, 2.05) is 11.0 Å². The van der Waals surface area contributed by atoms with Crippen molar-refractivity contribution in [1.29, 1.82) is 0 Å². The molecule has 1 aromatic heterocycles. The summed E-state index contributed by atoms with van der Waals surface area (Å²) in [6.45, 7) is 4.29. The minimum absolute atomic E-state index is 0.0382. The van der Waals surface area contributed by atoms with Crippen LogP contribution in [0.4, 0.5) is 0 Å². The van der Waals surface area contributed by atoms with Crippen molar-refractivity contribution in [1.82, 2.24) is 9.80 Å². The molecule has 0 radical (unpaired) electrons. The van der Waals surface area contributed by atoms with Gasteiger partial charge in [-0.05, 0) is 46.2 Å². The van der Waals surface area contributed by atoms with E-state index in [-0.39, 0.29) is 5.91 Å². The number of hydrogen-bond acceptors (Lipinski definition) is 3. The van der Waals surface area contributed by atoms with Gasteiger partial charge >= 0.3 is 0 Å². The summed E-state index contributed by atoms with van der Waals surface area (Å²) in [5.41, 5.74) is 2.22. The Kier molecular flexibility index (Phi) is 5.95. The molecule has 1 amide bonds. The van der Waals surface area contributed by atoms with Crippen molar-refractivity contribution in [2.24, 2.45) is 0 Å². The van der Waals surface area contributed by atoms with E-state index in [0.29, 0.717) is 10.0 Å². The molecule has 1 saturated heterocycles. The zero-order chi connectivity index (χ0) is 16.9. The van der Waals surface area contributed by atoms with Crippen LogP contribution in [0.25, 0.3) is 6.08 Å². The SMILES string of the molecule is O=C(/C=C/c1ccc(Cl)c(Cl)c1)N1CCN(Cc2ccsc2)CC1. The maximum atomic E-state index is 12.3. The standard InChI is InChI=1S/C18H18Cl2N2OS/c19-16-3-1-14(11-17(16)20)2-4-18(23)22-8-6-21(7-9-22)12-15-5-10-24-13-15/h1-5,10-11,13H,6-9,12H2/b4-2+. The number of piperazine rings is 1. The lowest BCUT2D eigenvalue weighted by Gasteiger charge is -2.34. The number of nitrogens with zero attached hydrogens (tertiary/aromatic N) is 2. The second-order valence-electron chi connectivity index (χ2n) is 5.74.